The van der Waals surface area contributed by atoms with E-state index >= 15 is 0 Å². The number of carboxylic acid groups (broad SMARTS) is 2. The van der Waals surface area contributed by atoms with E-state index in [4.69, 9.17) is 10.2 Å². The average Bonchev–Trinajstić information content (AvgIpc) is 2.85. The third-order valence-corrected chi connectivity index (χ3v) is 1.75. The van der Waals surface area contributed by atoms with Crippen LogP contribution in [0.25, 0.3) is 11.6 Å². The molecule has 0 saturated carbocycles. The second-order valence-corrected chi connectivity index (χ2v) is 3.09. The molecule has 2 N–H and O–H groups in total. The van der Waals surface area contributed by atoms with E-state index in [0.717, 1.165) is 9.48 Å². The molecule has 12 nitrogen and oxygen atoms in total. The summed E-state index contributed by atoms with van der Waals surface area (Å²) in [6, 6.07) is 0. The van der Waals surface area contributed by atoms with Gasteiger partial charge in [0.2, 0.25) is 11.6 Å². The molecule has 2 heterocycles. The van der Waals surface area contributed by atoms with Crippen molar-refractivity contribution in [3.05, 3.63) is 0 Å². The minimum Gasteiger partial charge on any atom is -0.480 e. The lowest BCUT2D eigenvalue weighted by atomic mass is 10.5. The molecule has 0 atom stereocenters. The number of carbonyl (C=O) groups is 2. The van der Waals surface area contributed by atoms with Gasteiger partial charge in [0.15, 0.2) is 6.54 Å². The summed E-state index contributed by atoms with van der Waals surface area (Å²) in [7, 11) is 0. The molecule has 0 bridgehead atoms. The van der Waals surface area contributed by atoms with Gasteiger partial charge in [-0.2, -0.15) is 4.80 Å². The first kappa shape index (κ1) is 11.6. The van der Waals surface area contributed by atoms with Gasteiger partial charge in [0.05, 0.1) is 0 Å². The summed E-state index contributed by atoms with van der Waals surface area (Å²) in [6.45, 7) is -0.927. The van der Waals surface area contributed by atoms with Crippen LogP contribution in [0.3, 0.4) is 0 Å². The molecule has 94 valence electrons. The second-order valence-electron chi connectivity index (χ2n) is 3.09. The van der Waals surface area contributed by atoms with Crippen LogP contribution < -0.4 is 0 Å². The highest BCUT2D eigenvalue weighted by Gasteiger charge is 2.17. The normalized spacial score (nSPS) is 10.4. The topological polar surface area (TPSA) is 162 Å². The van der Waals surface area contributed by atoms with E-state index in [1.165, 1.54) is 0 Å². The van der Waals surface area contributed by atoms with Gasteiger partial charge in [0, 0.05) is 0 Å². The summed E-state index contributed by atoms with van der Waals surface area (Å²) in [5.41, 5.74) is 0. The van der Waals surface area contributed by atoms with E-state index in [1.807, 2.05) is 0 Å². The Balaban J connectivity index is 2.26. The number of carboxylic acids is 2. The zero-order valence-electron chi connectivity index (χ0n) is 8.70. The molecule has 0 radical (unpaired) electrons. The van der Waals surface area contributed by atoms with Crippen molar-refractivity contribution < 1.29 is 19.8 Å². The van der Waals surface area contributed by atoms with Crippen LogP contribution in [-0.2, 0) is 22.7 Å². The van der Waals surface area contributed by atoms with Crippen LogP contribution in [0.1, 0.15) is 0 Å². The standard InChI is InChI=1S/C6H6N8O4/c15-3(16)1-13-6(8-10-12-13)5-7-11-14(9-5)2-4(17)18/h1-2H2,(H,15,16)(H,17,18). The van der Waals surface area contributed by atoms with E-state index < -0.39 is 25.0 Å². The average molecular weight is 254 g/mol. The maximum absolute atomic E-state index is 10.5. The van der Waals surface area contributed by atoms with E-state index in [0.29, 0.717) is 0 Å². The Morgan fingerprint density at radius 3 is 2.44 bits per heavy atom. The summed E-state index contributed by atoms with van der Waals surface area (Å²) < 4.78 is 0.963. The predicted molar refractivity (Wildman–Crippen MR) is 49.9 cm³/mol. The van der Waals surface area contributed by atoms with Gasteiger partial charge in [-0.05, 0) is 15.6 Å². The van der Waals surface area contributed by atoms with Gasteiger partial charge in [0.1, 0.15) is 6.54 Å². The summed E-state index contributed by atoms with van der Waals surface area (Å²) in [4.78, 5) is 21.8. The summed E-state index contributed by atoms with van der Waals surface area (Å²) >= 11 is 0. The van der Waals surface area contributed by atoms with Crippen molar-refractivity contribution >= 4 is 11.9 Å². The smallest absolute Gasteiger partial charge is 0.327 e. The first-order chi connectivity index (χ1) is 8.56. The molecular weight excluding hydrogens is 248 g/mol. The number of nitrogens with zero attached hydrogens (tertiary/aromatic N) is 8. The first-order valence-corrected chi connectivity index (χ1v) is 4.54. The lowest BCUT2D eigenvalue weighted by Gasteiger charge is -1.95. The van der Waals surface area contributed by atoms with Crippen molar-refractivity contribution in [1.29, 1.82) is 0 Å². The van der Waals surface area contributed by atoms with Crippen LogP contribution in [-0.4, -0.2) is 62.6 Å². The Labute approximate surface area is 97.8 Å². The highest BCUT2D eigenvalue weighted by atomic mass is 16.4. The Bertz CT molecular complexity index is 588. The number of hydrogen-bond donors (Lipinski definition) is 2. The molecule has 2 aromatic heterocycles. The predicted octanol–water partition coefficient (Wildman–Crippen LogP) is -2.50. The van der Waals surface area contributed by atoms with Crippen molar-refractivity contribution in [1.82, 2.24) is 40.4 Å². The van der Waals surface area contributed by atoms with Crippen LogP contribution in [0.2, 0.25) is 0 Å². The summed E-state index contributed by atoms with van der Waals surface area (Å²) in [6.07, 6.45) is 0. The first-order valence-electron chi connectivity index (χ1n) is 4.54. The number of aromatic nitrogens is 8. The van der Waals surface area contributed by atoms with Crippen LogP contribution in [0.4, 0.5) is 0 Å². The van der Waals surface area contributed by atoms with E-state index in [1.54, 1.807) is 0 Å². The fourth-order valence-electron chi connectivity index (χ4n) is 1.12. The molecule has 0 aliphatic heterocycles. The van der Waals surface area contributed by atoms with Crippen molar-refractivity contribution in [2.45, 2.75) is 13.1 Å². The summed E-state index contributed by atoms with van der Waals surface area (Å²) in [5.74, 6) is -2.33. The van der Waals surface area contributed by atoms with Crippen molar-refractivity contribution in [3.63, 3.8) is 0 Å². The number of aliphatic carboxylic acids is 2. The van der Waals surface area contributed by atoms with E-state index in [-0.39, 0.29) is 11.6 Å². The molecule has 0 unspecified atom stereocenters. The zero-order valence-corrected chi connectivity index (χ0v) is 8.70. The molecule has 0 fully saturated rings. The second kappa shape index (κ2) is 4.52. The number of rotatable bonds is 5. The molecule has 0 amide bonds. The third kappa shape index (κ3) is 2.42. The largest absolute Gasteiger partial charge is 0.480 e. The van der Waals surface area contributed by atoms with Crippen molar-refractivity contribution in [2.24, 2.45) is 0 Å². The van der Waals surface area contributed by atoms with Crippen LogP contribution in [0, 0.1) is 0 Å². The third-order valence-electron chi connectivity index (χ3n) is 1.75. The highest BCUT2D eigenvalue weighted by molar-refractivity contribution is 5.67. The monoisotopic (exact) mass is 254 g/mol. The number of tetrazole rings is 2. The van der Waals surface area contributed by atoms with E-state index in [9.17, 15) is 9.59 Å². The SMILES string of the molecule is O=C(O)Cn1nnc(-c2nnnn2CC(=O)O)n1. The molecule has 2 aromatic rings. The van der Waals surface area contributed by atoms with Crippen LogP contribution in [0.15, 0.2) is 0 Å². The molecule has 12 heteroatoms. The Kier molecular flexibility index (Phi) is 2.90. The van der Waals surface area contributed by atoms with Crippen LogP contribution >= 0.6 is 0 Å². The lowest BCUT2D eigenvalue weighted by Crippen LogP contribution is -2.13. The molecule has 0 aromatic carbocycles. The Morgan fingerprint density at radius 1 is 1.06 bits per heavy atom. The van der Waals surface area contributed by atoms with Crippen molar-refractivity contribution in [3.8, 4) is 11.6 Å². The molecule has 0 aliphatic rings. The number of hydrogen-bond acceptors (Lipinski definition) is 8. The maximum Gasteiger partial charge on any atom is 0.327 e. The minimum atomic E-state index is -1.14. The maximum atomic E-state index is 10.5. The van der Waals surface area contributed by atoms with Gasteiger partial charge in [-0.1, -0.05) is 0 Å². The lowest BCUT2D eigenvalue weighted by molar-refractivity contribution is -0.139. The summed E-state index contributed by atoms with van der Waals surface area (Å²) in [5, 5.41) is 38.2. The minimum absolute atomic E-state index is 0.00552. The van der Waals surface area contributed by atoms with E-state index in [2.05, 4.69) is 30.9 Å². The Morgan fingerprint density at radius 2 is 1.78 bits per heavy atom. The van der Waals surface area contributed by atoms with Crippen molar-refractivity contribution in [2.75, 3.05) is 0 Å². The highest BCUT2D eigenvalue weighted by Crippen LogP contribution is 2.07. The molecule has 2 rings (SSSR count). The fraction of sp³-hybridized carbons (Fsp3) is 0.333. The molecule has 18 heavy (non-hydrogen) atoms. The Hall–Kier alpha value is -2.92. The molecule has 0 spiro atoms. The molecular formula is C6H6N8O4. The molecule has 0 aliphatic carbocycles. The van der Waals surface area contributed by atoms with Gasteiger partial charge >= 0.3 is 11.9 Å². The fourth-order valence-corrected chi connectivity index (χ4v) is 1.12. The van der Waals surface area contributed by atoms with Gasteiger partial charge in [-0.25, -0.2) is 4.68 Å². The van der Waals surface area contributed by atoms with Gasteiger partial charge in [0.25, 0.3) is 0 Å². The quantitative estimate of drug-likeness (QED) is 0.582. The van der Waals surface area contributed by atoms with Gasteiger partial charge < -0.3 is 10.2 Å². The van der Waals surface area contributed by atoms with Crippen LogP contribution in [0.5, 0.6) is 0 Å². The zero-order chi connectivity index (χ0) is 13.1. The van der Waals surface area contributed by atoms with Gasteiger partial charge in [-0.15, -0.1) is 15.3 Å². The van der Waals surface area contributed by atoms with Gasteiger partial charge in [-0.3, -0.25) is 9.59 Å². The molecule has 0 saturated heterocycles.